The Balaban J connectivity index is 1.85. The molecule has 0 heterocycles. The molecule has 0 radical (unpaired) electrons. The summed E-state index contributed by atoms with van der Waals surface area (Å²) in [4.78, 5) is 76.3. The van der Waals surface area contributed by atoms with E-state index in [1.54, 1.807) is 20.8 Å². The molecule has 2 aromatic carbocycles. The van der Waals surface area contributed by atoms with Gasteiger partial charge in [0.15, 0.2) is 0 Å². The lowest BCUT2D eigenvalue weighted by molar-refractivity contribution is -0.150. The van der Waals surface area contributed by atoms with E-state index in [0.717, 1.165) is 18.2 Å². The topological polar surface area (TPSA) is 169 Å². The van der Waals surface area contributed by atoms with Gasteiger partial charge in [0.05, 0.1) is 7.11 Å². The maximum Gasteiger partial charge on any atom is 0.408 e. The number of rotatable bonds is 16. The molecule has 0 aromatic heterocycles. The summed E-state index contributed by atoms with van der Waals surface area (Å²) in [7, 11) is 2.59. The van der Waals surface area contributed by atoms with Crippen LogP contribution in [0.25, 0.3) is 0 Å². The molecule has 46 heavy (non-hydrogen) atoms. The molecule has 2 aromatic rings. The summed E-state index contributed by atoms with van der Waals surface area (Å²) in [5.41, 5.74) is 0.854. The molecule has 0 bridgehead atoms. The number of carbonyl (C=O) groups excluding carboxylic acids is 6. The van der Waals surface area contributed by atoms with E-state index >= 15 is 0 Å². The first-order valence-electron chi connectivity index (χ1n) is 14.9. The number of benzene rings is 2. The third-order valence-corrected chi connectivity index (χ3v) is 6.44. The molecule has 250 valence electrons. The monoisotopic (exact) mass is 640 g/mol. The van der Waals surface area contributed by atoms with Crippen LogP contribution in [0.3, 0.4) is 0 Å². The number of carbonyl (C=O) groups is 6. The Morgan fingerprint density at radius 3 is 2.02 bits per heavy atom. The highest BCUT2D eigenvalue weighted by Gasteiger charge is 2.26. The largest absolute Gasteiger partial charge is 0.467 e. The summed E-state index contributed by atoms with van der Waals surface area (Å²) in [5.74, 6) is -2.87. The van der Waals surface area contributed by atoms with Crippen LogP contribution in [0.5, 0.6) is 0 Å². The smallest absolute Gasteiger partial charge is 0.408 e. The first kappa shape index (κ1) is 37.2. The zero-order valence-corrected chi connectivity index (χ0v) is 27.0. The Morgan fingerprint density at radius 2 is 1.43 bits per heavy atom. The standard InChI is InChI=1S/C33H44N4O9/c1-33(2,3)46-32(43)36-26(20-23-12-8-6-9-13-23)30(41)34-19-18-27(38)35-25(31(42)44-5)16-17-28(39)37(4)21-29(40)45-22-24-14-10-7-11-15-24/h6-15,25-26H,16-22H2,1-5H3,(H,34,41)(H,35,38)(H,36,43)/t25-,26+/m1/s1. The summed E-state index contributed by atoms with van der Waals surface area (Å²) < 4.78 is 15.3. The first-order chi connectivity index (χ1) is 21.8. The number of ether oxygens (including phenoxy) is 3. The molecule has 0 saturated carbocycles. The van der Waals surface area contributed by atoms with Crippen molar-refractivity contribution < 1.29 is 43.0 Å². The van der Waals surface area contributed by atoms with Crippen molar-refractivity contribution in [2.24, 2.45) is 0 Å². The van der Waals surface area contributed by atoms with E-state index in [1.807, 2.05) is 60.7 Å². The molecule has 4 amide bonds. The maximum absolute atomic E-state index is 13.0. The molecule has 13 nitrogen and oxygen atoms in total. The number of methoxy groups -OCH3 is 1. The summed E-state index contributed by atoms with van der Waals surface area (Å²) in [6.45, 7) is 4.82. The number of likely N-dealkylation sites (N-methyl/N-ethyl adjacent to an activating group) is 1. The number of nitrogens with zero attached hydrogens (tertiary/aromatic N) is 1. The summed E-state index contributed by atoms with van der Waals surface area (Å²) in [5, 5.41) is 7.73. The van der Waals surface area contributed by atoms with Crippen molar-refractivity contribution in [1.29, 1.82) is 0 Å². The third kappa shape index (κ3) is 14.7. The molecule has 2 rings (SSSR count). The molecular formula is C33H44N4O9. The second kappa shape index (κ2) is 18.8. The van der Waals surface area contributed by atoms with Gasteiger partial charge in [-0.2, -0.15) is 0 Å². The van der Waals surface area contributed by atoms with Crippen LogP contribution in [0.2, 0.25) is 0 Å². The van der Waals surface area contributed by atoms with E-state index in [4.69, 9.17) is 14.2 Å². The first-order valence-corrected chi connectivity index (χ1v) is 14.9. The molecule has 2 atom stereocenters. The Labute approximate surface area is 269 Å². The van der Waals surface area contributed by atoms with E-state index in [2.05, 4.69) is 16.0 Å². The van der Waals surface area contributed by atoms with Crippen molar-refractivity contribution in [3.63, 3.8) is 0 Å². The fourth-order valence-electron chi connectivity index (χ4n) is 4.11. The average molecular weight is 641 g/mol. The minimum Gasteiger partial charge on any atom is -0.467 e. The number of nitrogens with one attached hydrogen (secondary N) is 3. The number of alkyl carbamates (subject to hydrolysis) is 1. The summed E-state index contributed by atoms with van der Waals surface area (Å²) >= 11 is 0. The molecule has 0 aliphatic heterocycles. The van der Waals surface area contributed by atoms with E-state index in [0.29, 0.717) is 0 Å². The lowest BCUT2D eigenvalue weighted by Gasteiger charge is -2.23. The Kier molecular flexibility index (Phi) is 15.2. The van der Waals surface area contributed by atoms with Crippen molar-refractivity contribution in [1.82, 2.24) is 20.9 Å². The molecule has 0 spiro atoms. The second-order valence-corrected chi connectivity index (χ2v) is 11.5. The van der Waals surface area contributed by atoms with Gasteiger partial charge in [-0.05, 0) is 38.3 Å². The van der Waals surface area contributed by atoms with Gasteiger partial charge in [0.1, 0.15) is 30.8 Å². The van der Waals surface area contributed by atoms with Gasteiger partial charge >= 0.3 is 18.0 Å². The Morgan fingerprint density at radius 1 is 0.826 bits per heavy atom. The van der Waals surface area contributed by atoms with Crippen LogP contribution in [0.4, 0.5) is 4.79 Å². The lowest BCUT2D eigenvalue weighted by atomic mass is 10.1. The lowest BCUT2D eigenvalue weighted by Crippen LogP contribution is -2.50. The Hall–Kier alpha value is -4.94. The highest BCUT2D eigenvalue weighted by Crippen LogP contribution is 2.09. The summed E-state index contributed by atoms with van der Waals surface area (Å²) in [6, 6.07) is 16.1. The molecule has 0 unspecified atom stereocenters. The van der Waals surface area contributed by atoms with Gasteiger partial charge in [0.25, 0.3) is 0 Å². The van der Waals surface area contributed by atoms with Gasteiger partial charge in [-0.1, -0.05) is 60.7 Å². The fourth-order valence-corrected chi connectivity index (χ4v) is 4.11. The van der Waals surface area contributed by atoms with Gasteiger partial charge in [-0.3, -0.25) is 19.2 Å². The van der Waals surface area contributed by atoms with Crippen LogP contribution in [0.15, 0.2) is 60.7 Å². The number of esters is 2. The predicted molar refractivity (Wildman–Crippen MR) is 168 cm³/mol. The van der Waals surface area contributed by atoms with Gasteiger partial charge in [-0.15, -0.1) is 0 Å². The van der Waals surface area contributed by atoms with Crippen LogP contribution in [0, 0.1) is 0 Å². The van der Waals surface area contributed by atoms with Crippen molar-refractivity contribution in [3.8, 4) is 0 Å². The molecule has 0 aliphatic carbocycles. The van der Waals surface area contributed by atoms with Crippen LogP contribution < -0.4 is 16.0 Å². The molecule has 0 saturated heterocycles. The van der Waals surface area contributed by atoms with Crippen molar-refractivity contribution in [2.75, 3.05) is 27.2 Å². The van der Waals surface area contributed by atoms with Crippen molar-refractivity contribution in [2.45, 2.75) is 70.7 Å². The number of hydrogen-bond acceptors (Lipinski definition) is 9. The SMILES string of the molecule is COC(=O)[C@@H](CCC(=O)N(C)CC(=O)OCc1ccccc1)NC(=O)CCNC(=O)[C@H](Cc1ccccc1)NC(=O)OC(C)(C)C. The molecule has 0 aliphatic rings. The summed E-state index contributed by atoms with van der Waals surface area (Å²) in [6.07, 6.45) is -0.991. The van der Waals surface area contributed by atoms with Gasteiger partial charge < -0.3 is 35.1 Å². The van der Waals surface area contributed by atoms with Gasteiger partial charge in [0, 0.05) is 32.9 Å². The van der Waals surface area contributed by atoms with Gasteiger partial charge in [0.2, 0.25) is 17.7 Å². The molecule has 0 fully saturated rings. The zero-order chi connectivity index (χ0) is 34.1. The van der Waals surface area contributed by atoms with Crippen LogP contribution in [-0.2, 0) is 51.2 Å². The fraction of sp³-hybridized carbons (Fsp3) is 0.455. The minimum atomic E-state index is -1.13. The van der Waals surface area contributed by atoms with Gasteiger partial charge in [-0.25, -0.2) is 9.59 Å². The molecule has 3 N–H and O–H groups in total. The number of hydrogen-bond donors (Lipinski definition) is 3. The van der Waals surface area contributed by atoms with E-state index < -0.39 is 53.4 Å². The van der Waals surface area contributed by atoms with Crippen LogP contribution in [0.1, 0.15) is 51.2 Å². The van der Waals surface area contributed by atoms with E-state index in [-0.39, 0.29) is 45.4 Å². The normalized spacial score (nSPS) is 12.1. The van der Waals surface area contributed by atoms with Crippen molar-refractivity contribution in [3.05, 3.63) is 71.8 Å². The van der Waals surface area contributed by atoms with Crippen molar-refractivity contribution >= 4 is 35.8 Å². The molecule has 13 heteroatoms. The zero-order valence-electron chi connectivity index (χ0n) is 27.0. The third-order valence-electron chi connectivity index (χ3n) is 6.44. The Bertz CT molecular complexity index is 1310. The van der Waals surface area contributed by atoms with E-state index in [9.17, 15) is 28.8 Å². The van der Waals surface area contributed by atoms with Crippen LogP contribution >= 0.6 is 0 Å². The van der Waals surface area contributed by atoms with Crippen LogP contribution in [-0.4, -0.2) is 85.6 Å². The highest BCUT2D eigenvalue weighted by atomic mass is 16.6. The maximum atomic E-state index is 13.0. The predicted octanol–water partition coefficient (Wildman–Crippen LogP) is 2.27. The quantitative estimate of drug-likeness (QED) is 0.184. The minimum absolute atomic E-state index is 0.0759. The average Bonchev–Trinajstić information content (AvgIpc) is 3.01. The molecular weight excluding hydrogens is 596 g/mol. The number of amides is 4. The highest BCUT2D eigenvalue weighted by molar-refractivity contribution is 5.88. The second-order valence-electron chi connectivity index (χ2n) is 11.5. The van der Waals surface area contributed by atoms with E-state index in [1.165, 1.54) is 11.9 Å².